The second-order valence-electron chi connectivity index (χ2n) is 6.14. The normalized spacial score (nSPS) is 11.8. The molecular formula is C19H20N6O3. The molecule has 9 heteroatoms. The molecule has 28 heavy (non-hydrogen) atoms. The van der Waals surface area contributed by atoms with Crippen LogP contribution in [0.25, 0.3) is 11.3 Å². The van der Waals surface area contributed by atoms with Gasteiger partial charge in [0.25, 0.3) is 11.1 Å². The average molecular weight is 380 g/mol. The maximum Gasteiger partial charge on any atom is 0.267 e. The summed E-state index contributed by atoms with van der Waals surface area (Å²) in [5.74, 6) is -0.324. The van der Waals surface area contributed by atoms with Gasteiger partial charge in [-0.2, -0.15) is 10.2 Å². The van der Waals surface area contributed by atoms with Crippen molar-refractivity contribution in [2.45, 2.75) is 25.9 Å². The molecule has 0 aliphatic carbocycles. The van der Waals surface area contributed by atoms with Gasteiger partial charge in [-0.05, 0) is 37.6 Å². The summed E-state index contributed by atoms with van der Waals surface area (Å²) in [5.41, 5.74) is 0.833. The van der Waals surface area contributed by atoms with E-state index in [0.29, 0.717) is 25.2 Å². The van der Waals surface area contributed by atoms with Crippen molar-refractivity contribution in [2.75, 3.05) is 6.54 Å². The minimum absolute atomic E-state index is 0.189. The molecule has 3 heterocycles. The van der Waals surface area contributed by atoms with Gasteiger partial charge in [-0.3, -0.25) is 19.4 Å². The first-order chi connectivity index (χ1) is 13.6. The zero-order valence-corrected chi connectivity index (χ0v) is 15.4. The summed E-state index contributed by atoms with van der Waals surface area (Å²) in [6.07, 6.45) is 5.34. The Hall–Kier alpha value is -3.62. The Kier molecular flexibility index (Phi) is 6.05. The predicted octanol–water partition coefficient (Wildman–Crippen LogP) is 0.629. The summed E-state index contributed by atoms with van der Waals surface area (Å²) in [4.78, 5) is 40.1. The molecule has 3 aromatic rings. The van der Waals surface area contributed by atoms with Crippen LogP contribution in [-0.2, 0) is 11.3 Å². The fraction of sp³-hybridized carbons (Fsp3) is 0.263. The number of nitrogens with one attached hydrogen (secondary N) is 1. The van der Waals surface area contributed by atoms with Crippen molar-refractivity contribution in [1.82, 2.24) is 29.9 Å². The van der Waals surface area contributed by atoms with Gasteiger partial charge < -0.3 is 5.32 Å². The maximum atomic E-state index is 12.4. The number of carbonyl (C=O) groups excluding carboxylic acids is 1. The summed E-state index contributed by atoms with van der Waals surface area (Å²) in [7, 11) is 0. The Morgan fingerprint density at radius 3 is 2.61 bits per heavy atom. The van der Waals surface area contributed by atoms with E-state index in [4.69, 9.17) is 0 Å². The number of pyridine rings is 1. The van der Waals surface area contributed by atoms with E-state index in [0.717, 1.165) is 10.2 Å². The molecule has 1 atom stereocenters. The average Bonchev–Trinajstić information content (AvgIpc) is 2.72. The van der Waals surface area contributed by atoms with E-state index in [1.165, 1.54) is 23.0 Å². The number of aromatic nitrogens is 5. The molecule has 1 N–H and O–H groups in total. The first-order valence-corrected chi connectivity index (χ1v) is 8.86. The number of nitrogens with zero attached hydrogens (tertiary/aromatic N) is 5. The van der Waals surface area contributed by atoms with Crippen LogP contribution < -0.4 is 16.4 Å². The van der Waals surface area contributed by atoms with Crippen LogP contribution in [0.5, 0.6) is 0 Å². The molecule has 1 unspecified atom stereocenters. The molecule has 0 bridgehead atoms. The quantitative estimate of drug-likeness (QED) is 0.602. The van der Waals surface area contributed by atoms with Gasteiger partial charge in [-0.15, -0.1) is 0 Å². The van der Waals surface area contributed by atoms with Gasteiger partial charge in [0.05, 0.1) is 5.69 Å². The van der Waals surface area contributed by atoms with Gasteiger partial charge in [0.15, 0.2) is 0 Å². The van der Waals surface area contributed by atoms with Crippen LogP contribution in [0.15, 0.2) is 64.6 Å². The fourth-order valence-electron chi connectivity index (χ4n) is 2.63. The van der Waals surface area contributed by atoms with Crippen molar-refractivity contribution in [3.05, 3.63) is 75.7 Å². The van der Waals surface area contributed by atoms with Gasteiger partial charge in [0.2, 0.25) is 5.91 Å². The van der Waals surface area contributed by atoms with Crippen molar-refractivity contribution in [3.63, 3.8) is 0 Å². The van der Waals surface area contributed by atoms with Crippen LogP contribution >= 0.6 is 0 Å². The van der Waals surface area contributed by atoms with E-state index in [-0.39, 0.29) is 17.0 Å². The van der Waals surface area contributed by atoms with E-state index in [2.05, 4.69) is 20.5 Å². The summed E-state index contributed by atoms with van der Waals surface area (Å²) >= 11 is 0. The molecule has 0 aromatic carbocycles. The van der Waals surface area contributed by atoms with Crippen molar-refractivity contribution in [1.29, 1.82) is 0 Å². The van der Waals surface area contributed by atoms with Crippen LogP contribution in [0.4, 0.5) is 0 Å². The molecular weight excluding hydrogens is 360 g/mol. The Bertz CT molecular complexity index is 1060. The lowest BCUT2D eigenvalue weighted by molar-refractivity contribution is -0.124. The lowest BCUT2D eigenvalue weighted by Crippen LogP contribution is -2.37. The van der Waals surface area contributed by atoms with Crippen LogP contribution in [0.3, 0.4) is 0 Å². The van der Waals surface area contributed by atoms with Crippen molar-refractivity contribution < 1.29 is 4.79 Å². The first kappa shape index (κ1) is 19.2. The van der Waals surface area contributed by atoms with Crippen molar-refractivity contribution in [2.24, 2.45) is 0 Å². The SMILES string of the molecule is CC(C(=O)NCCCn1ncccc1=O)n1nc(-c2ccncc2)ccc1=O. The summed E-state index contributed by atoms with van der Waals surface area (Å²) in [5, 5.41) is 11.0. The number of carbonyl (C=O) groups is 1. The van der Waals surface area contributed by atoms with Gasteiger partial charge in [-0.1, -0.05) is 0 Å². The minimum atomic E-state index is -0.771. The molecule has 0 aliphatic heterocycles. The Morgan fingerprint density at radius 1 is 1.07 bits per heavy atom. The summed E-state index contributed by atoms with van der Waals surface area (Å²) < 4.78 is 2.49. The molecule has 0 fully saturated rings. The number of hydrogen-bond donors (Lipinski definition) is 1. The molecule has 0 spiro atoms. The molecule has 3 rings (SSSR count). The van der Waals surface area contributed by atoms with Gasteiger partial charge in [-0.25, -0.2) is 9.36 Å². The Morgan fingerprint density at radius 2 is 1.86 bits per heavy atom. The van der Waals surface area contributed by atoms with Crippen LogP contribution in [0, 0.1) is 0 Å². The minimum Gasteiger partial charge on any atom is -0.354 e. The highest BCUT2D eigenvalue weighted by atomic mass is 16.2. The van der Waals surface area contributed by atoms with Crippen molar-refractivity contribution in [3.8, 4) is 11.3 Å². The van der Waals surface area contributed by atoms with E-state index in [9.17, 15) is 14.4 Å². The monoisotopic (exact) mass is 380 g/mol. The second-order valence-corrected chi connectivity index (χ2v) is 6.14. The number of hydrogen-bond acceptors (Lipinski definition) is 6. The molecule has 144 valence electrons. The number of rotatable bonds is 7. The highest BCUT2D eigenvalue weighted by Gasteiger charge is 2.17. The number of aryl methyl sites for hydroxylation is 1. The van der Waals surface area contributed by atoms with E-state index in [1.807, 2.05) is 0 Å². The third-order valence-corrected chi connectivity index (χ3v) is 4.18. The predicted molar refractivity (Wildman–Crippen MR) is 103 cm³/mol. The molecule has 9 nitrogen and oxygen atoms in total. The Balaban J connectivity index is 1.62. The van der Waals surface area contributed by atoms with Crippen LogP contribution in [0.1, 0.15) is 19.4 Å². The van der Waals surface area contributed by atoms with Crippen molar-refractivity contribution >= 4 is 5.91 Å². The molecule has 0 saturated carbocycles. The standard InChI is InChI=1S/C19H20N6O3/c1-14(19(28)21-9-3-13-24-17(26)4-2-10-22-24)25-18(27)6-5-16(23-25)15-7-11-20-12-8-15/h2,4-8,10-12,14H,3,9,13H2,1H3,(H,21,28). The summed E-state index contributed by atoms with van der Waals surface area (Å²) in [6.45, 7) is 2.36. The van der Waals surface area contributed by atoms with E-state index < -0.39 is 6.04 Å². The topological polar surface area (TPSA) is 112 Å². The smallest absolute Gasteiger partial charge is 0.267 e. The summed E-state index contributed by atoms with van der Waals surface area (Å²) in [6, 6.07) is 8.80. The van der Waals surface area contributed by atoms with E-state index >= 15 is 0 Å². The lowest BCUT2D eigenvalue weighted by Gasteiger charge is -2.15. The molecule has 1 amide bonds. The highest BCUT2D eigenvalue weighted by Crippen LogP contribution is 2.14. The largest absolute Gasteiger partial charge is 0.354 e. The first-order valence-electron chi connectivity index (χ1n) is 8.86. The fourth-order valence-corrected chi connectivity index (χ4v) is 2.63. The maximum absolute atomic E-state index is 12.4. The third-order valence-electron chi connectivity index (χ3n) is 4.18. The van der Waals surface area contributed by atoms with Gasteiger partial charge in [0, 0.05) is 49.4 Å². The van der Waals surface area contributed by atoms with Crippen LogP contribution in [-0.4, -0.2) is 37.0 Å². The third kappa shape index (κ3) is 4.56. The zero-order chi connectivity index (χ0) is 19.9. The van der Waals surface area contributed by atoms with E-state index in [1.54, 1.807) is 43.6 Å². The zero-order valence-electron chi connectivity index (χ0n) is 15.4. The molecule has 0 aliphatic rings. The van der Waals surface area contributed by atoms with Gasteiger partial charge in [0.1, 0.15) is 6.04 Å². The molecule has 3 aromatic heterocycles. The molecule has 0 saturated heterocycles. The number of amides is 1. The molecule has 0 radical (unpaired) electrons. The lowest BCUT2D eigenvalue weighted by atomic mass is 10.2. The Labute approximate surface area is 160 Å². The van der Waals surface area contributed by atoms with Gasteiger partial charge >= 0.3 is 0 Å². The second kappa shape index (κ2) is 8.85. The highest BCUT2D eigenvalue weighted by molar-refractivity contribution is 5.79. The van der Waals surface area contributed by atoms with Crippen LogP contribution in [0.2, 0.25) is 0 Å².